The molecule has 1 atom stereocenters. The first kappa shape index (κ1) is 12.3. The molecule has 0 bridgehead atoms. The predicted octanol–water partition coefficient (Wildman–Crippen LogP) is 0.105. The zero-order valence-corrected chi connectivity index (χ0v) is 10.8. The zero-order chi connectivity index (χ0) is 11.6. The van der Waals surface area contributed by atoms with Crippen LogP contribution in [0, 0.1) is 5.92 Å². The van der Waals surface area contributed by atoms with Gasteiger partial charge in [0, 0.05) is 32.2 Å². The molecule has 0 spiro atoms. The molecule has 1 unspecified atom stereocenters. The summed E-state index contributed by atoms with van der Waals surface area (Å²) in [5, 5.41) is 3.52. The second-order valence-electron chi connectivity index (χ2n) is 5.07. The second kappa shape index (κ2) is 5.02. The minimum Gasteiger partial charge on any atom is -0.313 e. The third-order valence-electron chi connectivity index (χ3n) is 3.66. The van der Waals surface area contributed by atoms with Gasteiger partial charge in [0.1, 0.15) is 0 Å². The van der Waals surface area contributed by atoms with Gasteiger partial charge in [0.05, 0.1) is 11.5 Å². The van der Waals surface area contributed by atoms with Gasteiger partial charge in [0.15, 0.2) is 9.84 Å². The van der Waals surface area contributed by atoms with Crippen molar-refractivity contribution in [3.05, 3.63) is 0 Å². The van der Waals surface area contributed by atoms with Gasteiger partial charge in [-0.1, -0.05) is 0 Å². The zero-order valence-electron chi connectivity index (χ0n) is 9.98. The van der Waals surface area contributed by atoms with Crippen molar-refractivity contribution in [2.75, 3.05) is 37.7 Å². The van der Waals surface area contributed by atoms with Crippen molar-refractivity contribution in [2.24, 2.45) is 5.92 Å². The van der Waals surface area contributed by atoms with Crippen LogP contribution >= 0.6 is 0 Å². The number of hydrogen-bond donors (Lipinski definition) is 1. The lowest BCUT2D eigenvalue weighted by Gasteiger charge is -2.27. The van der Waals surface area contributed by atoms with Gasteiger partial charge in [-0.25, -0.2) is 8.42 Å². The van der Waals surface area contributed by atoms with E-state index >= 15 is 0 Å². The van der Waals surface area contributed by atoms with E-state index in [0.717, 1.165) is 19.0 Å². The Morgan fingerprint density at radius 3 is 2.50 bits per heavy atom. The van der Waals surface area contributed by atoms with E-state index in [9.17, 15) is 8.42 Å². The highest BCUT2D eigenvalue weighted by atomic mass is 32.2. The molecule has 1 N–H and O–H groups in total. The maximum Gasteiger partial charge on any atom is 0.152 e. The van der Waals surface area contributed by atoms with Crippen molar-refractivity contribution >= 4 is 9.84 Å². The first-order valence-electron chi connectivity index (χ1n) is 6.23. The van der Waals surface area contributed by atoms with Crippen molar-refractivity contribution in [2.45, 2.75) is 25.8 Å². The minimum atomic E-state index is -2.72. The van der Waals surface area contributed by atoms with Crippen LogP contribution in [-0.4, -0.2) is 57.0 Å². The Morgan fingerprint density at radius 1 is 1.31 bits per heavy atom. The quantitative estimate of drug-likeness (QED) is 0.748. The number of nitrogens with one attached hydrogen (secondary N) is 1. The van der Waals surface area contributed by atoms with Gasteiger partial charge in [-0.3, -0.25) is 0 Å². The van der Waals surface area contributed by atoms with Crippen molar-refractivity contribution in [1.29, 1.82) is 0 Å². The Balaban J connectivity index is 1.60. The summed E-state index contributed by atoms with van der Waals surface area (Å²) in [6, 6.07) is 0.633. The molecule has 0 aromatic heterocycles. The van der Waals surface area contributed by atoms with Gasteiger partial charge in [-0.15, -0.1) is 0 Å². The fourth-order valence-corrected chi connectivity index (χ4v) is 3.46. The molecule has 2 rings (SSSR count). The van der Waals surface area contributed by atoms with E-state index in [-0.39, 0.29) is 0 Å². The maximum atomic E-state index is 11.2. The fraction of sp³-hybridized carbons (Fsp3) is 1.00. The van der Waals surface area contributed by atoms with Crippen LogP contribution in [0.5, 0.6) is 0 Å². The van der Waals surface area contributed by atoms with E-state index in [1.165, 1.54) is 12.8 Å². The lowest BCUT2D eigenvalue weighted by atomic mass is 10.2. The molecule has 2 fully saturated rings. The highest BCUT2D eigenvalue weighted by molar-refractivity contribution is 7.91. The van der Waals surface area contributed by atoms with Gasteiger partial charge >= 0.3 is 0 Å². The summed E-state index contributed by atoms with van der Waals surface area (Å²) in [6.07, 6.45) is 2.74. The molecule has 0 aromatic carbocycles. The van der Waals surface area contributed by atoms with Gasteiger partial charge in [-0.05, 0) is 25.7 Å². The molecule has 4 nitrogen and oxygen atoms in total. The third kappa shape index (κ3) is 3.71. The van der Waals surface area contributed by atoms with E-state index in [1.807, 2.05) is 0 Å². The molecule has 94 valence electrons. The van der Waals surface area contributed by atoms with Crippen molar-refractivity contribution in [3.8, 4) is 0 Å². The third-order valence-corrected chi connectivity index (χ3v) is 5.27. The van der Waals surface area contributed by atoms with Crippen LogP contribution in [0.4, 0.5) is 0 Å². The Bertz CT molecular complexity index is 311. The maximum absolute atomic E-state index is 11.2. The van der Waals surface area contributed by atoms with E-state index in [4.69, 9.17) is 0 Å². The molecule has 1 aliphatic carbocycles. The Morgan fingerprint density at radius 2 is 1.94 bits per heavy atom. The molecule has 0 radical (unpaired) electrons. The SMILES string of the molecule is CC(NCCN1CCS(=O)(=O)CC1)C1CC1. The molecule has 1 saturated carbocycles. The monoisotopic (exact) mass is 246 g/mol. The number of hydrogen-bond acceptors (Lipinski definition) is 4. The molecule has 1 heterocycles. The molecule has 1 saturated heterocycles. The van der Waals surface area contributed by atoms with Gasteiger partial charge in [-0.2, -0.15) is 0 Å². The first-order chi connectivity index (χ1) is 7.57. The van der Waals surface area contributed by atoms with Crippen LogP contribution < -0.4 is 5.32 Å². The summed E-state index contributed by atoms with van der Waals surface area (Å²) in [7, 11) is -2.72. The molecular weight excluding hydrogens is 224 g/mol. The minimum absolute atomic E-state index is 0.338. The van der Waals surface area contributed by atoms with Crippen LogP contribution in [0.15, 0.2) is 0 Å². The molecule has 5 heteroatoms. The van der Waals surface area contributed by atoms with Crippen LogP contribution in [0.1, 0.15) is 19.8 Å². The van der Waals surface area contributed by atoms with Crippen LogP contribution in [-0.2, 0) is 9.84 Å². The highest BCUT2D eigenvalue weighted by Crippen LogP contribution is 2.32. The van der Waals surface area contributed by atoms with E-state index in [1.54, 1.807) is 0 Å². The Labute approximate surface area is 98.3 Å². The summed E-state index contributed by atoms with van der Waals surface area (Å²) in [4.78, 5) is 2.24. The molecule has 0 aromatic rings. The largest absolute Gasteiger partial charge is 0.313 e. The van der Waals surface area contributed by atoms with Crippen LogP contribution in [0.3, 0.4) is 0 Å². The summed E-state index contributed by atoms with van der Waals surface area (Å²) in [5.41, 5.74) is 0. The van der Waals surface area contributed by atoms with Crippen molar-refractivity contribution < 1.29 is 8.42 Å². The summed E-state index contributed by atoms with van der Waals surface area (Å²) < 4.78 is 22.5. The fourth-order valence-electron chi connectivity index (χ4n) is 2.19. The normalized spacial score (nSPS) is 27.8. The van der Waals surface area contributed by atoms with E-state index < -0.39 is 9.84 Å². The van der Waals surface area contributed by atoms with E-state index in [2.05, 4.69) is 17.1 Å². The standard InChI is InChI=1S/C11H22N2O2S/c1-10(11-2-3-11)12-4-5-13-6-8-16(14,15)9-7-13/h10-12H,2-9H2,1H3. The Hall–Kier alpha value is -0.130. The lowest BCUT2D eigenvalue weighted by molar-refractivity contribution is 0.287. The Kier molecular flexibility index (Phi) is 3.87. The second-order valence-corrected chi connectivity index (χ2v) is 7.38. The smallest absolute Gasteiger partial charge is 0.152 e. The van der Waals surface area contributed by atoms with Gasteiger partial charge in [0.2, 0.25) is 0 Å². The highest BCUT2D eigenvalue weighted by Gasteiger charge is 2.27. The molecule has 2 aliphatic rings. The molecular formula is C11H22N2O2S. The first-order valence-corrected chi connectivity index (χ1v) is 8.05. The van der Waals surface area contributed by atoms with Crippen LogP contribution in [0.2, 0.25) is 0 Å². The average molecular weight is 246 g/mol. The number of sulfone groups is 1. The van der Waals surface area contributed by atoms with Crippen molar-refractivity contribution in [1.82, 2.24) is 10.2 Å². The summed E-state index contributed by atoms with van der Waals surface area (Å²) >= 11 is 0. The number of rotatable bonds is 5. The van der Waals surface area contributed by atoms with Gasteiger partial charge < -0.3 is 10.2 Å². The topological polar surface area (TPSA) is 49.4 Å². The summed E-state index contributed by atoms with van der Waals surface area (Å²) in [6.45, 7) is 5.63. The van der Waals surface area contributed by atoms with Crippen LogP contribution in [0.25, 0.3) is 0 Å². The lowest BCUT2D eigenvalue weighted by Crippen LogP contribution is -2.44. The molecule has 1 aliphatic heterocycles. The predicted molar refractivity (Wildman–Crippen MR) is 65.3 cm³/mol. The van der Waals surface area contributed by atoms with Crippen molar-refractivity contribution in [3.63, 3.8) is 0 Å². The average Bonchev–Trinajstić information content (AvgIpc) is 3.04. The molecule has 16 heavy (non-hydrogen) atoms. The summed E-state index contributed by atoms with van der Waals surface area (Å²) in [5.74, 6) is 1.57. The van der Waals surface area contributed by atoms with E-state index in [0.29, 0.717) is 30.6 Å². The number of nitrogens with zero attached hydrogens (tertiary/aromatic N) is 1. The van der Waals surface area contributed by atoms with Gasteiger partial charge in [0.25, 0.3) is 0 Å². The molecule has 0 amide bonds.